The zero-order valence-electron chi connectivity index (χ0n) is 11.6. The van der Waals surface area contributed by atoms with Crippen LogP contribution in [0, 0.1) is 0 Å². The van der Waals surface area contributed by atoms with Gasteiger partial charge in [-0.05, 0) is 19.9 Å². The van der Waals surface area contributed by atoms with Crippen LogP contribution in [0.25, 0.3) is 0 Å². The van der Waals surface area contributed by atoms with Crippen LogP contribution in [0.1, 0.15) is 25.5 Å². The van der Waals surface area contributed by atoms with E-state index in [-0.39, 0.29) is 18.5 Å². The number of carbonyl (C=O) groups excluding carboxylic acids is 1. The van der Waals surface area contributed by atoms with E-state index in [9.17, 15) is 9.90 Å². The van der Waals surface area contributed by atoms with Crippen LogP contribution in [0.4, 0.5) is 0 Å². The van der Waals surface area contributed by atoms with E-state index in [1.165, 1.54) is 0 Å². The molecule has 4 nitrogen and oxygen atoms in total. The monoisotopic (exact) mass is 284 g/mol. The van der Waals surface area contributed by atoms with Crippen molar-refractivity contribution in [2.75, 3.05) is 20.1 Å². The van der Waals surface area contributed by atoms with E-state index < -0.39 is 6.10 Å². The molecule has 2 unspecified atom stereocenters. The van der Waals surface area contributed by atoms with E-state index in [0.717, 1.165) is 0 Å². The first-order chi connectivity index (χ1) is 8.97. The molecule has 0 saturated heterocycles. The molecule has 1 amide bonds. The molecule has 0 heterocycles. The van der Waals surface area contributed by atoms with Gasteiger partial charge in [-0.25, -0.2) is 0 Å². The molecule has 5 heteroatoms. The van der Waals surface area contributed by atoms with Crippen molar-refractivity contribution < 1.29 is 9.90 Å². The van der Waals surface area contributed by atoms with Gasteiger partial charge in [0.1, 0.15) is 0 Å². The molecule has 0 aromatic heterocycles. The van der Waals surface area contributed by atoms with Crippen LogP contribution in [-0.4, -0.2) is 42.1 Å². The van der Waals surface area contributed by atoms with Gasteiger partial charge < -0.3 is 15.3 Å². The second-order valence-corrected chi connectivity index (χ2v) is 4.93. The van der Waals surface area contributed by atoms with E-state index in [1.54, 1.807) is 31.0 Å². The van der Waals surface area contributed by atoms with Gasteiger partial charge >= 0.3 is 0 Å². The van der Waals surface area contributed by atoms with Crippen molar-refractivity contribution in [2.45, 2.75) is 26.0 Å². The van der Waals surface area contributed by atoms with E-state index >= 15 is 0 Å². The standard InChI is InChI=1S/C14H21ClN2O2/c1-4-17(3)14(19)10(2)16-9-13(18)11-7-5-6-8-12(11)15/h5-8,10,13,16,18H,4,9H2,1-3H3. The summed E-state index contributed by atoms with van der Waals surface area (Å²) in [6.07, 6.45) is -0.726. The normalized spacial score (nSPS) is 13.9. The van der Waals surface area contributed by atoms with Gasteiger partial charge in [-0.15, -0.1) is 0 Å². The van der Waals surface area contributed by atoms with Gasteiger partial charge in [0.05, 0.1) is 12.1 Å². The predicted molar refractivity (Wildman–Crippen MR) is 77.2 cm³/mol. The molecule has 1 rings (SSSR count). The third-order valence-corrected chi connectivity index (χ3v) is 3.45. The Morgan fingerprint density at radius 1 is 1.47 bits per heavy atom. The number of aliphatic hydroxyl groups excluding tert-OH is 1. The van der Waals surface area contributed by atoms with Gasteiger partial charge in [-0.3, -0.25) is 4.79 Å². The van der Waals surface area contributed by atoms with Crippen LogP contribution in [0.15, 0.2) is 24.3 Å². The first kappa shape index (κ1) is 16.0. The molecule has 106 valence electrons. The Bertz CT molecular complexity index is 426. The maximum atomic E-state index is 11.8. The summed E-state index contributed by atoms with van der Waals surface area (Å²) < 4.78 is 0. The van der Waals surface area contributed by atoms with E-state index in [0.29, 0.717) is 17.1 Å². The number of aliphatic hydroxyl groups is 1. The summed E-state index contributed by atoms with van der Waals surface area (Å²) in [5.74, 6) is 0.00820. The number of nitrogens with one attached hydrogen (secondary N) is 1. The molecular formula is C14H21ClN2O2. The average Bonchev–Trinajstić information content (AvgIpc) is 2.43. The Labute approximate surface area is 119 Å². The summed E-state index contributed by atoms with van der Waals surface area (Å²) in [4.78, 5) is 13.5. The van der Waals surface area contributed by atoms with Crippen molar-refractivity contribution in [2.24, 2.45) is 0 Å². The number of likely N-dealkylation sites (N-methyl/N-ethyl adjacent to an activating group) is 1. The minimum Gasteiger partial charge on any atom is -0.387 e. The average molecular weight is 285 g/mol. The van der Waals surface area contributed by atoms with Gasteiger partial charge in [0.25, 0.3) is 0 Å². The maximum absolute atomic E-state index is 11.8. The van der Waals surface area contributed by atoms with Gasteiger partial charge in [-0.2, -0.15) is 0 Å². The topological polar surface area (TPSA) is 52.6 Å². The predicted octanol–water partition coefficient (Wildman–Crippen LogP) is 1.83. The van der Waals surface area contributed by atoms with Crippen molar-refractivity contribution in [1.82, 2.24) is 10.2 Å². The molecule has 2 atom stereocenters. The number of hydrogen-bond donors (Lipinski definition) is 2. The van der Waals surface area contributed by atoms with Crippen molar-refractivity contribution in [3.8, 4) is 0 Å². The second-order valence-electron chi connectivity index (χ2n) is 4.52. The molecule has 0 fully saturated rings. The Kier molecular flexibility index (Phi) is 6.28. The Morgan fingerprint density at radius 2 is 2.11 bits per heavy atom. The number of hydrogen-bond acceptors (Lipinski definition) is 3. The van der Waals surface area contributed by atoms with Crippen molar-refractivity contribution in [3.63, 3.8) is 0 Å². The minimum absolute atomic E-state index is 0.00820. The van der Waals surface area contributed by atoms with Gasteiger partial charge in [0.15, 0.2) is 0 Å². The summed E-state index contributed by atoms with van der Waals surface area (Å²) in [6, 6.07) is 6.82. The number of halogens is 1. The van der Waals surface area contributed by atoms with Gasteiger partial charge in [0, 0.05) is 30.7 Å². The third kappa shape index (κ3) is 4.49. The Morgan fingerprint density at radius 3 is 2.68 bits per heavy atom. The summed E-state index contributed by atoms with van der Waals surface area (Å²) in [5.41, 5.74) is 0.667. The van der Waals surface area contributed by atoms with E-state index in [1.807, 2.05) is 19.1 Å². The molecule has 1 aromatic carbocycles. The minimum atomic E-state index is -0.726. The van der Waals surface area contributed by atoms with Crippen molar-refractivity contribution in [1.29, 1.82) is 0 Å². The van der Waals surface area contributed by atoms with E-state index in [2.05, 4.69) is 5.32 Å². The highest BCUT2D eigenvalue weighted by Gasteiger charge is 2.18. The molecule has 0 saturated carbocycles. The molecule has 0 aliphatic carbocycles. The molecule has 0 aliphatic heterocycles. The Hall–Kier alpha value is -1.10. The third-order valence-electron chi connectivity index (χ3n) is 3.10. The fourth-order valence-corrected chi connectivity index (χ4v) is 1.98. The van der Waals surface area contributed by atoms with Crippen LogP contribution in [-0.2, 0) is 4.79 Å². The van der Waals surface area contributed by atoms with E-state index in [4.69, 9.17) is 11.6 Å². The first-order valence-electron chi connectivity index (χ1n) is 6.38. The smallest absolute Gasteiger partial charge is 0.239 e. The second kappa shape index (κ2) is 7.48. The lowest BCUT2D eigenvalue weighted by molar-refractivity contribution is -0.131. The zero-order valence-corrected chi connectivity index (χ0v) is 12.3. The van der Waals surface area contributed by atoms with Gasteiger partial charge in [0.2, 0.25) is 5.91 Å². The number of nitrogens with zero attached hydrogens (tertiary/aromatic N) is 1. The lowest BCUT2D eigenvalue weighted by atomic mass is 10.1. The first-order valence-corrected chi connectivity index (χ1v) is 6.76. The van der Waals surface area contributed by atoms with Crippen molar-refractivity contribution >= 4 is 17.5 Å². The summed E-state index contributed by atoms with van der Waals surface area (Å²) >= 11 is 6.01. The molecule has 0 aliphatic rings. The lowest BCUT2D eigenvalue weighted by Gasteiger charge is -2.22. The van der Waals surface area contributed by atoms with Gasteiger partial charge in [-0.1, -0.05) is 29.8 Å². The highest BCUT2D eigenvalue weighted by molar-refractivity contribution is 6.31. The number of amides is 1. The number of benzene rings is 1. The lowest BCUT2D eigenvalue weighted by Crippen LogP contribution is -2.44. The zero-order chi connectivity index (χ0) is 14.4. The summed E-state index contributed by atoms with van der Waals surface area (Å²) in [6.45, 7) is 4.66. The molecule has 1 aromatic rings. The maximum Gasteiger partial charge on any atom is 0.239 e. The van der Waals surface area contributed by atoms with Crippen molar-refractivity contribution in [3.05, 3.63) is 34.9 Å². The number of carbonyl (C=O) groups is 1. The quantitative estimate of drug-likeness (QED) is 0.838. The molecule has 0 spiro atoms. The molecular weight excluding hydrogens is 264 g/mol. The highest BCUT2D eigenvalue weighted by Crippen LogP contribution is 2.21. The van der Waals surface area contributed by atoms with Crippen LogP contribution in [0.3, 0.4) is 0 Å². The molecule has 0 bridgehead atoms. The molecule has 2 N–H and O–H groups in total. The van der Waals surface area contributed by atoms with Crippen LogP contribution in [0.5, 0.6) is 0 Å². The fraction of sp³-hybridized carbons (Fsp3) is 0.500. The number of rotatable bonds is 6. The largest absolute Gasteiger partial charge is 0.387 e. The highest BCUT2D eigenvalue weighted by atomic mass is 35.5. The van der Waals surface area contributed by atoms with Crippen LogP contribution >= 0.6 is 11.6 Å². The summed E-state index contributed by atoms with van der Waals surface area (Å²) in [7, 11) is 1.75. The summed E-state index contributed by atoms with van der Waals surface area (Å²) in [5, 5.41) is 13.6. The van der Waals surface area contributed by atoms with Crippen LogP contribution < -0.4 is 5.32 Å². The molecule has 19 heavy (non-hydrogen) atoms. The fourth-order valence-electron chi connectivity index (χ4n) is 1.72. The van der Waals surface area contributed by atoms with Crippen LogP contribution in [0.2, 0.25) is 5.02 Å². The Balaban J connectivity index is 2.53. The SMILES string of the molecule is CCN(C)C(=O)C(C)NCC(O)c1ccccc1Cl. The molecule has 0 radical (unpaired) electrons.